The zero-order valence-corrected chi connectivity index (χ0v) is 16.2. The summed E-state index contributed by atoms with van der Waals surface area (Å²) in [5.74, 6) is -1.24. The minimum absolute atomic E-state index is 0.0691. The van der Waals surface area contributed by atoms with Gasteiger partial charge in [0.2, 0.25) is 5.91 Å². The van der Waals surface area contributed by atoms with Gasteiger partial charge >= 0.3 is 6.18 Å². The topological polar surface area (TPSA) is 55.2 Å². The number of likely N-dealkylation sites (N-methyl/N-ethyl adjacent to an activating group) is 1. The number of halogens is 5. The molecule has 0 bridgehead atoms. The first kappa shape index (κ1) is 21.5. The predicted octanol–water partition coefficient (Wildman–Crippen LogP) is 4.38. The molecule has 0 fully saturated rings. The molecule has 2 aromatic carbocycles. The van der Waals surface area contributed by atoms with E-state index >= 15 is 0 Å². The van der Waals surface area contributed by atoms with Crippen molar-refractivity contribution in [2.45, 2.75) is 12.7 Å². The van der Waals surface area contributed by atoms with E-state index < -0.39 is 35.6 Å². The Kier molecular flexibility index (Phi) is 5.93. The van der Waals surface area contributed by atoms with Crippen LogP contribution in [0.1, 0.15) is 5.56 Å². The maximum Gasteiger partial charge on any atom is 0.416 e. The fourth-order valence-corrected chi connectivity index (χ4v) is 2.74. The van der Waals surface area contributed by atoms with Crippen LogP contribution in [0.3, 0.4) is 0 Å². The highest BCUT2D eigenvalue weighted by molar-refractivity contribution is 6.30. The predicted molar refractivity (Wildman–Crippen MR) is 104 cm³/mol. The number of anilines is 1. The first-order valence-corrected chi connectivity index (χ1v) is 8.91. The second-order valence-electron chi connectivity index (χ2n) is 6.34. The summed E-state index contributed by atoms with van der Waals surface area (Å²) in [6.07, 6.45) is -4.49. The van der Waals surface area contributed by atoms with Crippen molar-refractivity contribution in [3.63, 3.8) is 0 Å². The standard InChI is InChI=1S/C20H14ClF4N3O2/c1-27(14-5-3-13(4-6-14)20(23,24)25)19(30)11-28-18(29)9-8-17(26-28)12-2-7-15(21)16(22)10-12/h2-10H,11H2,1H3. The molecule has 0 aliphatic rings. The average molecular weight is 440 g/mol. The summed E-state index contributed by atoms with van der Waals surface area (Å²) in [4.78, 5) is 25.7. The molecule has 0 atom stereocenters. The Morgan fingerprint density at radius 1 is 1.10 bits per heavy atom. The van der Waals surface area contributed by atoms with E-state index in [0.29, 0.717) is 5.56 Å². The lowest BCUT2D eigenvalue weighted by Crippen LogP contribution is -2.35. The third-order valence-corrected chi connectivity index (χ3v) is 4.63. The molecule has 0 saturated carbocycles. The smallest absolute Gasteiger partial charge is 0.314 e. The first-order valence-electron chi connectivity index (χ1n) is 8.53. The third kappa shape index (κ3) is 4.68. The van der Waals surface area contributed by atoms with Crippen molar-refractivity contribution in [3.8, 4) is 11.3 Å². The lowest BCUT2D eigenvalue weighted by atomic mass is 10.1. The van der Waals surface area contributed by atoms with Gasteiger partial charge in [0.15, 0.2) is 0 Å². The number of hydrogen-bond donors (Lipinski definition) is 0. The molecule has 1 heterocycles. The van der Waals surface area contributed by atoms with E-state index in [-0.39, 0.29) is 16.4 Å². The van der Waals surface area contributed by atoms with Gasteiger partial charge in [-0.25, -0.2) is 9.07 Å². The van der Waals surface area contributed by atoms with Crippen molar-refractivity contribution in [2.24, 2.45) is 0 Å². The minimum Gasteiger partial charge on any atom is -0.314 e. The molecule has 3 aromatic rings. The summed E-state index contributed by atoms with van der Waals surface area (Å²) in [6, 6.07) is 10.6. The summed E-state index contributed by atoms with van der Waals surface area (Å²) < 4.78 is 52.6. The van der Waals surface area contributed by atoms with Crippen LogP contribution in [0, 0.1) is 5.82 Å². The van der Waals surface area contributed by atoms with E-state index in [1.165, 1.54) is 31.3 Å². The van der Waals surface area contributed by atoms with E-state index in [0.717, 1.165) is 39.9 Å². The van der Waals surface area contributed by atoms with Crippen molar-refractivity contribution < 1.29 is 22.4 Å². The summed E-state index contributed by atoms with van der Waals surface area (Å²) in [7, 11) is 1.37. The lowest BCUT2D eigenvalue weighted by Gasteiger charge is -2.18. The molecular weight excluding hydrogens is 426 g/mol. The molecule has 0 radical (unpaired) electrons. The van der Waals surface area contributed by atoms with Crippen molar-refractivity contribution in [1.29, 1.82) is 0 Å². The number of carbonyl (C=O) groups excluding carboxylic acids is 1. The van der Waals surface area contributed by atoms with Gasteiger partial charge in [0.1, 0.15) is 12.4 Å². The molecule has 10 heteroatoms. The van der Waals surface area contributed by atoms with Gasteiger partial charge in [-0.3, -0.25) is 9.59 Å². The van der Waals surface area contributed by atoms with Crippen LogP contribution in [0.15, 0.2) is 59.4 Å². The second kappa shape index (κ2) is 8.27. The number of amides is 1. The fraction of sp³-hybridized carbons (Fsp3) is 0.150. The summed E-state index contributed by atoms with van der Waals surface area (Å²) in [5, 5.41) is 4.00. The van der Waals surface area contributed by atoms with E-state index in [9.17, 15) is 27.2 Å². The Morgan fingerprint density at radius 2 is 1.77 bits per heavy atom. The Hall–Kier alpha value is -3.20. The molecule has 30 heavy (non-hydrogen) atoms. The van der Waals surface area contributed by atoms with Gasteiger partial charge in [0, 0.05) is 24.4 Å². The van der Waals surface area contributed by atoms with Gasteiger partial charge in [0.05, 0.1) is 16.3 Å². The zero-order chi connectivity index (χ0) is 22.1. The second-order valence-corrected chi connectivity index (χ2v) is 6.75. The molecule has 3 rings (SSSR count). The molecule has 0 saturated heterocycles. The van der Waals surface area contributed by atoms with Crippen molar-refractivity contribution in [2.75, 3.05) is 11.9 Å². The zero-order valence-electron chi connectivity index (χ0n) is 15.5. The van der Waals surface area contributed by atoms with Crippen LogP contribution >= 0.6 is 11.6 Å². The summed E-state index contributed by atoms with van der Waals surface area (Å²) in [6.45, 7) is -0.458. The van der Waals surface area contributed by atoms with Gasteiger partial charge in [0.25, 0.3) is 5.56 Å². The van der Waals surface area contributed by atoms with Crippen molar-refractivity contribution >= 4 is 23.2 Å². The van der Waals surface area contributed by atoms with Crippen LogP contribution in [0.2, 0.25) is 5.02 Å². The molecule has 0 aliphatic carbocycles. The third-order valence-electron chi connectivity index (χ3n) is 4.32. The number of benzene rings is 2. The fourth-order valence-electron chi connectivity index (χ4n) is 2.62. The average Bonchev–Trinajstić information content (AvgIpc) is 2.70. The van der Waals surface area contributed by atoms with Gasteiger partial charge in [-0.2, -0.15) is 18.3 Å². The van der Waals surface area contributed by atoms with Crippen molar-refractivity contribution in [1.82, 2.24) is 9.78 Å². The molecule has 0 unspecified atom stereocenters. The van der Waals surface area contributed by atoms with Crippen LogP contribution in [-0.4, -0.2) is 22.7 Å². The summed E-state index contributed by atoms with van der Waals surface area (Å²) >= 11 is 5.66. The molecule has 1 aromatic heterocycles. The van der Waals surface area contributed by atoms with Gasteiger partial charge in [-0.1, -0.05) is 17.7 Å². The van der Waals surface area contributed by atoms with Crippen LogP contribution in [0.4, 0.5) is 23.2 Å². The molecule has 5 nitrogen and oxygen atoms in total. The lowest BCUT2D eigenvalue weighted by molar-refractivity contribution is -0.137. The highest BCUT2D eigenvalue weighted by Gasteiger charge is 2.30. The SMILES string of the molecule is CN(C(=O)Cn1nc(-c2ccc(Cl)c(F)c2)ccc1=O)c1ccc(C(F)(F)F)cc1. The van der Waals surface area contributed by atoms with Crippen molar-refractivity contribution in [3.05, 3.63) is 81.4 Å². The highest BCUT2D eigenvalue weighted by Crippen LogP contribution is 2.30. The van der Waals surface area contributed by atoms with Crippen LogP contribution in [0.25, 0.3) is 11.3 Å². The largest absolute Gasteiger partial charge is 0.416 e. The Labute approximate surface area is 173 Å². The normalized spacial score (nSPS) is 11.4. The summed E-state index contributed by atoms with van der Waals surface area (Å²) in [5.41, 5.74) is -0.587. The van der Waals surface area contributed by atoms with Gasteiger partial charge in [-0.15, -0.1) is 0 Å². The number of carbonyl (C=O) groups is 1. The van der Waals surface area contributed by atoms with Crippen LogP contribution < -0.4 is 10.5 Å². The van der Waals surface area contributed by atoms with Crippen LogP contribution in [-0.2, 0) is 17.5 Å². The Bertz CT molecular complexity index is 1140. The first-order chi connectivity index (χ1) is 14.1. The molecule has 0 spiro atoms. The molecule has 0 aliphatic heterocycles. The van der Waals surface area contributed by atoms with Crippen LogP contribution in [0.5, 0.6) is 0 Å². The van der Waals surface area contributed by atoms with Gasteiger partial charge < -0.3 is 4.90 Å². The number of aromatic nitrogens is 2. The number of alkyl halides is 3. The van der Waals surface area contributed by atoms with E-state index in [1.54, 1.807) is 0 Å². The maximum absolute atomic E-state index is 13.7. The van der Waals surface area contributed by atoms with E-state index in [4.69, 9.17) is 11.6 Å². The number of rotatable bonds is 4. The minimum atomic E-state index is -4.49. The molecule has 1 amide bonds. The molecule has 0 N–H and O–H groups in total. The number of hydrogen-bond acceptors (Lipinski definition) is 3. The maximum atomic E-state index is 13.7. The molecule has 156 valence electrons. The molecular formula is C20H14ClF4N3O2. The highest BCUT2D eigenvalue weighted by atomic mass is 35.5. The number of nitrogens with zero attached hydrogens (tertiary/aromatic N) is 3. The van der Waals surface area contributed by atoms with Gasteiger partial charge in [-0.05, 0) is 42.5 Å². The van der Waals surface area contributed by atoms with E-state index in [1.807, 2.05) is 0 Å². The Morgan fingerprint density at radius 3 is 2.37 bits per heavy atom. The Balaban J connectivity index is 1.82. The monoisotopic (exact) mass is 439 g/mol. The quantitative estimate of drug-likeness (QED) is 0.567. The van der Waals surface area contributed by atoms with E-state index in [2.05, 4.69) is 5.10 Å².